The summed E-state index contributed by atoms with van der Waals surface area (Å²) in [5.41, 5.74) is 11.8. The molecule has 1 fully saturated rings. The molecule has 1 aliphatic rings. The van der Waals surface area contributed by atoms with Crippen LogP contribution in [-0.2, 0) is 16.6 Å². The van der Waals surface area contributed by atoms with Gasteiger partial charge in [-0.25, -0.2) is 0 Å². The molecule has 0 aliphatic heterocycles. The number of primary amides is 1. The summed E-state index contributed by atoms with van der Waals surface area (Å²) in [5, 5.41) is 0. The average Bonchev–Trinajstić information content (AvgIpc) is 2.88. The quantitative estimate of drug-likeness (QED) is 0.354. The van der Waals surface area contributed by atoms with E-state index in [4.69, 9.17) is 5.73 Å². The lowest BCUT2D eigenvalue weighted by Gasteiger charge is -2.48. The Morgan fingerprint density at radius 1 is 0.972 bits per heavy atom. The first-order valence-corrected chi connectivity index (χ1v) is 13.4. The van der Waals surface area contributed by atoms with Gasteiger partial charge >= 0.3 is 0 Å². The molecule has 4 heteroatoms. The molecule has 36 heavy (non-hydrogen) atoms. The third-order valence-corrected chi connectivity index (χ3v) is 8.91. The zero-order chi connectivity index (χ0) is 25.8. The maximum absolute atomic E-state index is 12.4. The van der Waals surface area contributed by atoms with Crippen molar-refractivity contribution in [3.8, 4) is 11.4 Å². The summed E-state index contributed by atoms with van der Waals surface area (Å²) in [6.45, 7) is 9.23. The summed E-state index contributed by atoms with van der Waals surface area (Å²) in [6.07, 6.45) is 10.9. The van der Waals surface area contributed by atoms with Crippen LogP contribution in [0.5, 0.6) is 0 Å². The van der Waals surface area contributed by atoms with Gasteiger partial charge in [-0.3, -0.25) is 14.8 Å². The summed E-state index contributed by atoms with van der Waals surface area (Å²) >= 11 is 0. The number of hydrogen-bond donors (Lipinski definition) is 1. The predicted octanol–water partition coefficient (Wildman–Crippen LogP) is 7.05. The van der Waals surface area contributed by atoms with Gasteiger partial charge in [-0.15, -0.1) is 0 Å². The molecule has 4 rings (SSSR count). The van der Waals surface area contributed by atoms with Crippen LogP contribution in [0.4, 0.5) is 0 Å². The summed E-state index contributed by atoms with van der Waals surface area (Å²) in [4.78, 5) is 21.5. The minimum Gasteiger partial charge on any atom is -0.369 e. The second kappa shape index (κ2) is 10.9. The zero-order valence-corrected chi connectivity index (χ0v) is 22.3. The maximum Gasteiger partial charge on any atom is 0.220 e. The third-order valence-electron chi connectivity index (χ3n) is 8.91. The number of carbonyl (C=O) groups excluding carboxylic acids is 1. The third kappa shape index (κ3) is 5.69. The van der Waals surface area contributed by atoms with Crippen LogP contribution in [0.1, 0.15) is 76.0 Å². The van der Waals surface area contributed by atoms with Gasteiger partial charge in [0.2, 0.25) is 5.91 Å². The molecular weight excluding hydrogens is 442 g/mol. The van der Waals surface area contributed by atoms with E-state index in [1.54, 1.807) is 6.20 Å². The Bertz CT molecular complexity index is 1150. The number of aryl methyl sites for hydroxylation is 1. The van der Waals surface area contributed by atoms with Gasteiger partial charge in [0.05, 0.1) is 11.4 Å². The standard InChI is InChI=1S/C32H41N3O/c1-23(2)32(27-10-6-5-7-11-27)17-15-31(4,16-18-32)14-13-25(30(33)36)21-26-22-35-29(20-24(26)3)28-12-8-9-19-34-28/h5-12,19-20,22-23,25H,13-18,21H2,1-4H3,(H2,33,36). The zero-order valence-electron chi connectivity index (χ0n) is 22.3. The number of pyridine rings is 2. The van der Waals surface area contributed by atoms with Crippen LogP contribution >= 0.6 is 0 Å². The molecule has 1 amide bonds. The van der Waals surface area contributed by atoms with Gasteiger partial charge in [-0.05, 0) is 104 Å². The number of hydrogen-bond acceptors (Lipinski definition) is 3. The fraction of sp³-hybridized carbons (Fsp3) is 0.469. The fourth-order valence-corrected chi connectivity index (χ4v) is 6.10. The van der Waals surface area contributed by atoms with Crippen molar-refractivity contribution in [2.75, 3.05) is 0 Å². The van der Waals surface area contributed by atoms with Crippen LogP contribution in [0.3, 0.4) is 0 Å². The number of nitrogens with zero attached hydrogens (tertiary/aromatic N) is 2. The number of amides is 1. The SMILES string of the molecule is Cc1cc(-c2ccccn2)ncc1CC(CCC1(C)CCC(c2ccccc2)(C(C)C)CC1)C(N)=O. The van der Waals surface area contributed by atoms with Gasteiger partial charge in [-0.1, -0.05) is 57.2 Å². The Labute approximate surface area is 216 Å². The molecule has 1 saturated carbocycles. The molecule has 0 bridgehead atoms. The minimum absolute atomic E-state index is 0.172. The molecule has 1 unspecified atom stereocenters. The van der Waals surface area contributed by atoms with Gasteiger partial charge in [0.25, 0.3) is 0 Å². The van der Waals surface area contributed by atoms with Crippen molar-refractivity contribution in [3.63, 3.8) is 0 Å². The van der Waals surface area contributed by atoms with Crippen molar-refractivity contribution >= 4 is 5.91 Å². The van der Waals surface area contributed by atoms with Crippen LogP contribution in [0, 0.1) is 24.2 Å². The second-order valence-corrected chi connectivity index (χ2v) is 11.5. The molecule has 1 atom stereocenters. The Kier molecular flexibility index (Phi) is 7.92. The van der Waals surface area contributed by atoms with Gasteiger partial charge < -0.3 is 5.73 Å². The number of carbonyl (C=O) groups is 1. The first kappa shape index (κ1) is 26.1. The van der Waals surface area contributed by atoms with E-state index in [9.17, 15) is 4.79 Å². The van der Waals surface area contributed by atoms with E-state index in [1.165, 1.54) is 31.2 Å². The maximum atomic E-state index is 12.4. The molecule has 1 aliphatic carbocycles. The van der Waals surface area contributed by atoms with Crippen LogP contribution in [0.15, 0.2) is 67.0 Å². The number of aromatic nitrogens is 2. The van der Waals surface area contributed by atoms with Crippen LogP contribution in [0.2, 0.25) is 0 Å². The van der Waals surface area contributed by atoms with Gasteiger partial charge in [0, 0.05) is 18.3 Å². The fourth-order valence-electron chi connectivity index (χ4n) is 6.10. The Morgan fingerprint density at radius 3 is 2.25 bits per heavy atom. The monoisotopic (exact) mass is 483 g/mol. The highest BCUT2D eigenvalue weighted by Crippen LogP contribution is 2.52. The molecule has 3 aromatic rings. The summed E-state index contributed by atoms with van der Waals surface area (Å²) in [7, 11) is 0. The second-order valence-electron chi connectivity index (χ2n) is 11.5. The van der Waals surface area contributed by atoms with Gasteiger partial charge in [0.1, 0.15) is 0 Å². The van der Waals surface area contributed by atoms with Crippen LogP contribution < -0.4 is 5.73 Å². The molecule has 4 nitrogen and oxygen atoms in total. The summed E-state index contributed by atoms with van der Waals surface area (Å²) in [6, 6.07) is 19.0. The molecule has 2 heterocycles. The first-order valence-electron chi connectivity index (χ1n) is 13.4. The van der Waals surface area contributed by atoms with Gasteiger partial charge in [0.15, 0.2) is 0 Å². The minimum atomic E-state index is -0.205. The lowest BCUT2D eigenvalue weighted by molar-refractivity contribution is -0.122. The Morgan fingerprint density at radius 2 is 1.67 bits per heavy atom. The van der Waals surface area contributed by atoms with Crippen molar-refractivity contribution in [2.24, 2.45) is 23.0 Å². The molecule has 2 N–H and O–H groups in total. The normalized spacial score (nSPS) is 22.9. The van der Waals surface area contributed by atoms with Crippen molar-refractivity contribution in [3.05, 3.63) is 83.7 Å². The first-order chi connectivity index (χ1) is 17.2. The van der Waals surface area contributed by atoms with E-state index < -0.39 is 0 Å². The predicted molar refractivity (Wildman–Crippen MR) is 147 cm³/mol. The van der Waals surface area contributed by atoms with E-state index in [2.05, 4.69) is 74.1 Å². The van der Waals surface area contributed by atoms with E-state index in [0.29, 0.717) is 12.3 Å². The smallest absolute Gasteiger partial charge is 0.220 e. The van der Waals surface area contributed by atoms with Crippen molar-refractivity contribution in [1.82, 2.24) is 9.97 Å². The number of benzene rings is 1. The van der Waals surface area contributed by atoms with Crippen LogP contribution in [-0.4, -0.2) is 15.9 Å². The Hall–Kier alpha value is -3.01. The lowest BCUT2D eigenvalue weighted by Crippen LogP contribution is -2.40. The van der Waals surface area contributed by atoms with E-state index in [-0.39, 0.29) is 22.7 Å². The molecule has 2 aromatic heterocycles. The highest BCUT2D eigenvalue weighted by molar-refractivity contribution is 5.77. The van der Waals surface area contributed by atoms with E-state index >= 15 is 0 Å². The largest absolute Gasteiger partial charge is 0.369 e. The van der Waals surface area contributed by atoms with E-state index in [1.807, 2.05) is 24.4 Å². The number of nitrogens with two attached hydrogens (primary N) is 1. The average molecular weight is 484 g/mol. The summed E-state index contributed by atoms with van der Waals surface area (Å²) < 4.78 is 0. The molecule has 0 radical (unpaired) electrons. The molecule has 0 saturated heterocycles. The molecular formula is C32H41N3O. The summed E-state index contributed by atoms with van der Waals surface area (Å²) in [5.74, 6) is 0.227. The van der Waals surface area contributed by atoms with Crippen molar-refractivity contribution in [1.29, 1.82) is 0 Å². The van der Waals surface area contributed by atoms with Crippen molar-refractivity contribution < 1.29 is 4.79 Å². The molecule has 190 valence electrons. The van der Waals surface area contributed by atoms with Crippen molar-refractivity contribution in [2.45, 2.75) is 78.1 Å². The number of rotatable bonds is 9. The highest BCUT2D eigenvalue weighted by Gasteiger charge is 2.43. The van der Waals surface area contributed by atoms with Crippen LogP contribution in [0.25, 0.3) is 11.4 Å². The molecule has 1 aromatic carbocycles. The lowest BCUT2D eigenvalue weighted by atomic mass is 9.56. The topological polar surface area (TPSA) is 68.9 Å². The van der Waals surface area contributed by atoms with E-state index in [0.717, 1.165) is 35.4 Å². The Balaban J connectivity index is 1.41. The molecule has 0 spiro atoms. The van der Waals surface area contributed by atoms with Gasteiger partial charge in [-0.2, -0.15) is 0 Å². The highest BCUT2D eigenvalue weighted by atomic mass is 16.1.